The number of pyridine rings is 2. The summed E-state index contributed by atoms with van der Waals surface area (Å²) >= 11 is 0. The minimum atomic E-state index is -0.724. The number of nitrogens with two attached hydrogens (primary N) is 2. The fourth-order valence-electron chi connectivity index (χ4n) is 4.42. The van der Waals surface area contributed by atoms with E-state index in [0.29, 0.717) is 46.5 Å². The number of benzene rings is 2. The first kappa shape index (κ1) is 23.9. The van der Waals surface area contributed by atoms with Gasteiger partial charge >= 0.3 is 0 Å². The monoisotopic (exact) mass is 502 g/mol. The molecule has 0 unspecified atom stereocenters. The molecule has 2 aromatic carbocycles. The number of fused-ring (bicyclic) bond motifs is 2. The molecule has 37 heavy (non-hydrogen) atoms. The van der Waals surface area contributed by atoms with E-state index in [2.05, 4.69) is 15.0 Å². The molecule has 0 aliphatic rings. The predicted molar refractivity (Wildman–Crippen MR) is 137 cm³/mol. The average Bonchev–Trinajstić information content (AvgIpc) is 3.25. The van der Waals surface area contributed by atoms with Gasteiger partial charge in [0.1, 0.15) is 40.7 Å². The predicted octanol–water partition coefficient (Wildman–Crippen LogP) is 4.90. The lowest BCUT2D eigenvalue weighted by Gasteiger charge is -2.14. The largest absolute Gasteiger partial charge is 0.383 e. The van der Waals surface area contributed by atoms with Crippen LogP contribution in [-0.4, -0.2) is 31.7 Å². The van der Waals surface area contributed by atoms with Crippen LogP contribution < -0.4 is 11.5 Å². The van der Waals surface area contributed by atoms with E-state index < -0.39 is 17.5 Å². The number of aliphatic imine (C=N–C) groups is 1. The summed E-state index contributed by atoms with van der Waals surface area (Å²) in [7, 11) is 0. The molecule has 0 aliphatic heterocycles. The number of nitrogens with zero attached hydrogens (tertiary/aromatic N) is 5. The normalized spacial score (nSPS) is 11.9. The first-order chi connectivity index (χ1) is 17.8. The second-order valence-electron chi connectivity index (χ2n) is 8.29. The van der Waals surface area contributed by atoms with Crippen LogP contribution in [0.2, 0.25) is 0 Å². The van der Waals surface area contributed by atoms with Crippen molar-refractivity contribution in [2.24, 2.45) is 10.7 Å². The lowest BCUT2D eigenvalue weighted by molar-refractivity contribution is 0.614. The van der Waals surface area contributed by atoms with Crippen molar-refractivity contribution in [3.8, 4) is 16.8 Å². The lowest BCUT2D eigenvalue weighted by Crippen LogP contribution is -2.14. The summed E-state index contributed by atoms with van der Waals surface area (Å²) in [4.78, 5) is 16.5. The molecule has 5 aromatic rings. The fraction of sp³-hybridized carbons (Fsp3) is 0.115. The van der Waals surface area contributed by atoms with Crippen LogP contribution in [0.3, 0.4) is 0 Å². The zero-order valence-corrected chi connectivity index (χ0v) is 19.6. The molecule has 3 heterocycles. The lowest BCUT2D eigenvalue weighted by atomic mass is 10.0. The second-order valence-corrected chi connectivity index (χ2v) is 8.29. The van der Waals surface area contributed by atoms with Gasteiger partial charge in [-0.3, -0.25) is 15.0 Å². The van der Waals surface area contributed by atoms with Gasteiger partial charge in [0.15, 0.2) is 11.6 Å². The number of halogens is 3. The van der Waals surface area contributed by atoms with Crippen LogP contribution in [0.1, 0.15) is 24.7 Å². The number of aromatic nitrogens is 4. The number of imidazole rings is 1. The molecular formula is C26H21F3N8. The van der Waals surface area contributed by atoms with Crippen molar-refractivity contribution in [3.05, 3.63) is 77.6 Å². The van der Waals surface area contributed by atoms with Crippen molar-refractivity contribution in [2.45, 2.75) is 19.8 Å². The molecule has 0 saturated heterocycles. The Hall–Kier alpha value is -4.80. The fourth-order valence-corrected chi connectivity index (χ4v) is 4.42. The van der Waals surface area contributed by atoms with E-state index in [9.17, 15) is 4.39 Å². The van der Waals surface area contributed by atoms with Gasteiger partial charge in [-0.2, -0.15) is 0 Å². The first-order valence-corrected chi connectivity index (χ1v) is 11.4. The molecule has 3 aromatic heterocycles. The molecule has 11 heteroatoms. The summed E-state index contributed by atoms with van der Waals surface area (Å²) in [6.07, 6.45) is 4.74. The van der Waals surface area contributed by atoms with Gasteiger partial charge in [0.2, 0.25) is 0 Å². The van der Waals surface area contributed by atoms with Crippen molar-refractivity contribution < 1.29 is 13.2 Å². The molecule has 0 aliphatic carbocycles. The Labute approximate surface area is 209 Å². The zero-order valence-electron chi connectivity index (χ0n) is 19.6. The van der Waals surface area contributed by atoms with Gasteiger partial charge in [-0.25, -0.2) is 28.1 Å². The molecular weight excluding hydrogens is 481 g/mol. The second kappa shape index (κ2) is 9.34. The SMILES string of the molecule is CCCc1nc2c(C(N)=NC=N)cc(-c3ccnc(N)c3F)cc2n1-c1ccnc2c(F)ccc(F)c12. The highest BCUT2D eigenvalue weighted by Gasteiger charge is 2.22. The van der Waals surface area contributed by atoms with Gasteiger partial charge in [-0.1, -0.05) is 6.92 Å². The van der Waals surface area contributed by atoms with Crippen LogP contribution in [0.25, 0.3) is 38.8 Å². The third-order valence-electron chi connectivity index (χ3n) is 6.02. The van der Waals surface area contributed by atoms with Crippen LogP contribution >= 0.6 is 0 Å². The van der Waals surface area contributed by atoms with Crippen molar-refractivity contribution in [2.75, 3.05) is 5.73 Å². The summed E-state index contributed by atoms with van der Waals surface area (Å²) in [5, 5.41) is 7.34. The molecule has 0 saturated carbocycles. The number of anilines is 1. The highest BCUT2D eigenvalue weighted by atomic mass is 19.1. The highest BCUT2D eigenvalue weighted by Crippen LogP contribution is 2.35. The highest BCUT2D eigenvalue weighted by molar-refractivity contribution is 6.11. The molecule has 5 rings (SSSR count). The number of hydrogen-bond donors (Lipinski definition) is 3. The molecule has 0 radical (unpaired) electrons. The Morgan fingerprint density at radius 1 is 1.05 bits per heavy atom. The van der Waals surface area contributed by atoms with E-state index in [1.165, 1.54) is 18.5 Å². The summed E-state index contributed by atoms with van der Waals surface area (Å²) in [6.45, 7) is 1.96. The maximum absolute atomic E-state index is 15.1. The summed E-state index contributed by atoms with van der Waals surface area (Å²) < 4.78 is 46.4. The molecule has 5 N–H and O–H groups in total. The van der Waals surface area contributed by atoms with E-state index in [1.54, 1.807) is 22.8 Å². The van der Waals surface area contributed by atoms with E-state index in [-0.39, 0.29) is 28.1 Å². The molecule has 0 amide bonds. The first-order valence-electron chi connectivity index (χ1n) is 11.4. The molecule has 0 fully saturated rings. The number of nitrogens with one attached hydrogen (secondary N) is 1. The number of rotatable bonds is 6. The topological polar surface area (TPSA) is 132 Å². The van der Waals surface area contributed by atoms with Crippen molar-refractivity contribution in [1.29, 1.82) is 5.41 Å². The van der Waals surface area contributed by atoms with Crippen LogP contribution in [0.15, 0.2) is 53.8 Å². The number of hydrogen-bond acceptors (Lipinski definition) is 5. The Kier molecular flexibility index (Phi) is 6.04. The summed E-state index contributed by atoms with van der Waals surface area (Å²) in [6, 6.07) is 8.37. The van der Waals surface area contributed by atoms with Crippen molar-refractivity contribution in [1.82, 2.24) is 19.5 Å². The van der Waals surface area contributed by atoms with Gasteiger partial charge in [0.05, 0.1) is 16.6 Å². The van der Waals surface area contributed by atoms with E-state index in [4.69, 9.17) is 21.9 Å². The van der Waals surface area contributed by atoms with Gasteiger partial charge in [-0.05, 0) is 48.4 Å². The maximum Gasteiger partial charge on any atom is 0.173 e. The molecule has 0 atom stereocenters. The minimum Gasteiger partial charge on any atom is -0.383 e. The van der Waals surface area contributed by atoms with Crippen LogP contribution in [0, 0.1) is 22.9 Å². The van der Waals surface area contributed by atoms with E-state index in [1.807, 2.05) is 6.92 Å². The Morgan fingerprint density at radius 2 is 1.81 bits per heavy atom. The van der Waals surface area contributed by atoms with Gasteiger partial charge in [-0.15, -0.1) is 0 Å². The number of aryl methyl sites for hydroxylation is 1. The van der Waals surface area contributed by atoms with Gasteiger partial charge in [0, 0.05) is 29.9 Å². The Morgan fingerprint density at radius 3 is 2.57 bits per heavy atom. The van der Waals surface area contributed by atoms with Crippen molar-refractivity contribution in [3.63, 3.8) is 0 Å². The summed E-state index contributed by atoms with van der Waals surface area (Å²) in [5.74, 6) is -1.80. The minimum absolute atomic E-state index is 0.0196. The van der Waals surface area contributed by atoms with Crippen LogP contribution in [-0.2, 0) is 6.42 Å². The van der Waals surface area contributed by atoms with Crippen molar-refractivity contribution >= 4 is 39.9 Å². The molecule has 0 bridgehead atoms. The summed E-state index contributed by atoms with van der Waals surface area (Å²) in [5.41, 5.74) is 13.8. The molecule has 8 nitrogen and oxygen atoms in total. The molecule has 186 valence electrons. The quantitative estimate of drug-likeness (QED) is 0.224. The number of amidine groups is 1. The van der Waals surface area contributed by atoms with Gasteiger partial charge in [0.25, 0.3) is 0 Å². The maximum atomic E-state index is 15.1. The Bertz CT molecular complexity index is 1730. The Balaban J connectivity index is 1.95. The van der Waals surface area contributed by atoms with E-state index >= 15 is 8.78 Å². The standard InChI is InChI=1S/C26H21F3N8/c1-2-3-20-36-23-15(25(31)35-12-30)10-13(14-6-8-34-26(32)22(14)29)11-19(23)37(20)18-7-9-33-24-17(28)5-4-16(27)21(18)24/h4-12H,2-3H2,1H3,(H2,32,34)(H3,30,31,35). The van der Waals surface area contributed by atoms with E-state index in [0.717, 1.165) is 18.5 Å². The number of nitrogen functional groups attached to an aromatic ring is 1. The average molecular weight is 503 g/mol. The zero-order chi connectivity index (χ0) is 26.3. The van der Waals surface area contributed by atoms with Crippen LogP contribution in [0.5, 0.6) is 0 Å². The third-order valence-corrected chi connectivity index (χ3v) is 6.02. The third kappa shape index (κ3) is 3.94. The van der Waals surface area contributed by atoms with Gasteiger partial charge < -0.3 is 11.5 Å². The molecule has 0 spiro atoms. The van der Waals surface area contributed by atoms with Crippen LogP contribution in [0.4, 0.5) is 19.0 Å². The smallest absolute Gasteiger partial charge is 0.173 e.